The molecule has 0 saturated carbocycles. The summed E-state index contributed by atoms with van der Waals surface area (Å²) in [7, 11) is 5.19. The van der Waals surface area contributed by atoms with Gasteiger partial charge >= 0.3 is 0 Å². The first kappa shape index (κ1) is 10.2. The maximum absolute atomic E-state index is 8.65. The average molecular weight is 182 g/mol. The minimum Gasteiger partial charge on any atom is -0.508 e. The Labute approximate surface area is 71.7 Å². The fourth-order valence-corrected chi connectivity index (χ4v) is 0.493. The van der Waals surface area contributed by atoms with Gasteiger partial charge in [0.25, 0.3) is 0 Å². The van der Waals surface area contributed by atoms with Crippen molar-refractivity contribution >= 4 is 21.0 Å². The van der Waals surface area contributed by atoms with Gasteiger partial charge in [-0.2, -0.15) is 0 Å². The largest absolute Gasteiger partial charge is 0.508 e. The van der Waals surface area contributed by atoms with E-state index >= 15 is 0 Å². The molecule has 0 heterocycles. The molecular formula is C6H6O3Si2. The predicted octanol–water partition coefficient (Wildman–Crippen LogP) is 0.268. The molecule has 0 spiro atoms. The highest BCUT2D eigenvalue weighted by Crippen LogP contribution is 2.14. The monoisotopic (exact) mass is 182 g/mol. The number of aromatic hydroxyl groups is 2. The number of phenols is 2. The number of benzene rings is 1. The standard InChI is InChI=1S/C6H6O2.OSi2/c7-5-2-1-3-6(8)4-5;2-1-3/h1-4,7-8H;. The third-order valence-electron chi connectivity index (χ3n) is 0.830. The van der Waals surface area contributed by atoms with Gasteiger partial charge < -0.3 is 14.3 Å². The molecule has 0 fully saturated rings. The van der Waals surface area contributed by atoms with Crippen LogP contribution in [0, 0.1) is 0 Å². The van der Waals surface area contributed by atoms with Crippen LogP contribution in [-0.2, 0) is 4.12 Å². The van der Waals surface area contributed by atoms with Crippen LogP contribution in [0.4, 0.5) is 0 Å². The van der Waals surface area contributed by atoms with E-state index in [1.165, 1.54) is 18.2 Å². The Morgan fingerprint density at radius 3 is 1.64 bits per heavy atom. The van der Waals surface area contributed by atoms with Crippen molar-refractivity contribution in [3.8, 4) is 11.5 Å². The second-order valence-corrected chi connectivity index (χ2v) is 2.44. The summed E-state index contributed by atoms with van der Waals surface area (Å²) in [6.07, 6.45) is 0. The molecule has 0 aliphatic heterocycles. The van der Waals surface area contributed by atoms with E-state index in [9.17, 15) is 0 Å². The zero-order chi connectivity index (χ0) is 8.69. The average Bonchev–Trinajstić information content (AvgIpc) is 1.88. The lowest BCUT2D eigenvalue weighted by Gasteiger charge is -1.89. The van der Waals surface area contributed by atoms with Gasteiger partial charge in [-0.15, -0.1) is 0 Å². The second-order valence-electron chi connectivity index (χ2n) is 1.62. The zero-order valence-corrected chi connectivity index (χ0v) is 7.61. The molecule has 3 nitrogen and oxygen atoms in total. The highest BCUT2D eigenvalue weighted by molar-refractivity contribution is 6.15. The van der Waals surface area contributed by atoms with Crippen LogP contribution in [0.25, 0.3) is 0 Å². The fraction of sp³-hybridized carbons (Fsp3) is 0. The van der Waals surface area contributed by atoms with Crippen molar-refractivity contribution in [1.29, 1.82) is 0 Å². The Morgan fingerprint density at radius 1 is 1.09 bits per heavy atom. The number of rotatable bonds is 0. The van der Waals surface area contributed by atoms with Crippen LogP contribution in [0.1, 0.15) is 0 Å². The van der Waals surface area contributed by atoms with Gasteiger partial charge in [-0.05, 0) is 12.1 Å². The number of phenolic OH excluding ortho intramolecular Hbond substituents is 2. The normalized spacial score (nSPS) is 8.18. The molecule has 2 N–H and O–H groups in total. The molecule has 11 heavy (non-hydrogen) atoms. The molecule has 1 rings (SSSR count). The van der Waals surface area contributed by atoms with Gasteiger partial charge in [0.1, 0.15) is 11.5 Å². The van der Waals surface area contributed by atoms with Crippen molar-refractivity contribution in [2.75, 3.05) is 0 Å². The lowest BCUT2D eigenvalue weighted by Crippen LogP contribution is -1.65. The Kier molecular flexibility index (Phi) is 5.53. The second kappa shape index (κ2) is 5.96. The van der Waals surface area contributed by atoms with Crippen LogP contribution in [0.2, 0.25) is 0 Å². The van der Waals surface area contributed by atoms with Crippen molar-refractivity contribution in [3.63, 3.8) is 0 Å². The van der Waals surface area contributed by atoms with Crippen LogP contribution in [0.15, 0.2) is 24.3 Å². The summed E-state index contributed by atoms with van der Waals surface area (Å²) in [5.41, 5.74) is 0. The van der Waals surface area contributed by atoms with Gasteiger partial charge in [0.2, 0.25) is 21.0 Å². The maximum Gasteiger partial charge on any atom is 0.229 e. The molecule has 0 aliphatic rings. The third kappa shape index (κ3) is 5.65. The summed E-state index contributed by atoms with van der Waals surface area (Å²) in [6.45, 7) is 0. The van der Waals surface area contributed by atoms with Gasteiger partial charge in [0.15, 0.2) is 0 Å². The Balaban J connectivity index is 0.000000292. The van der Waals surface area contributed by atoms with Gasteiger partial charge in [0.05, 0.1) is 0 Å². The molecule has 56 valence electrons. The summed E-state index contributed by atoms with van der Waals surface area (Å²) in [5.74, 6) is 0.176. The minimum atomic E-state index is 0.0880. The van der Waals surface area contributed by atoms with E-state index in [4.69, 9.17) is 10.2 Å². The number of hydrogen-bond acceptors (Lipinski definition) is 3. The first-order chi connectivity index (χ1) is 5.20. The molecule has 6 radical (unpaired) electrons. The van der Waals surface area contributed by atoms with E-state index in [-0.39, 0.29) is 11.5 Å². The van der Waals surface area contributed by atoms with Crippen molar-refractivity contribution in [2.45, 2.75) is 0 Å². The van der Waals surface area contributed by atoms with Crippen molar-refractivity contribution < 1.29 is 14.3 Å². The van der Waals surface area contributed by atoms with E-state index < -0.39 is 0 Å². The molecule has 1 aromatic carbocycles. The lowest BCUT2D eigenvalue weighted by atomic mass is 10.3. The molecule has 1 aromatic rings. The van der Waals surface area contributed by atoms with Crippen LogP contribution in [0.3, 0.4) is 0 Å². The highest BCUT2D eigenvalue weighted by Gasteiger charge is 1.85. The smallest absolute Gasteiger partial charge is 0.229 e. The van der Waals surface area contributed by atoms with Crippen molar-refractivity contribution in [3.05, 3.63) is 24.3 Å². The van der Waals surface area contributed by atoms with Crippen LogP contribution < -0.4 is 0 Å². The Bertz CT molecular complexity index is 188. The quantitative estimate of drug-likeness (QED) is 0.566. The molecule has 0 amide bonds. The topological polar surface area (TPSA) is 49.7 Å². The Hall–Kier alpha value is -0.786. The third-order valence-corrected chi connectivity index (χ3v) is 0.830. The summed E-state index contributed by atoms with van der Waals surface area (Å²) < 4.78 is 3.86. The van der Waals surface area contributed by atoms with E-state index in [0.717, 1.165) is 0 Å². The Morgan fingerprint density at radius 2 is 1.45 bits per heavy atom. The molecule has 0 saturated heterocycles. The molecule has 0 aliphatic carbocycles. The van der Waals surface area contributed by atoms with E-state index in [1.807, 2.05) is 0 Å². The summed E-state index contributed by atoms with van der Waals surface area (Å²) in [6, 6.07) is 5.85. The van der Waals surface area contributed by atoms with Crippen molar-refractivity contribution in [1.82, 2.24) is 0 Å². The van der Waals surface area contributed by atoms with Crippen LogP contribution >= 0.6 is 0 Å². The summed E-state index contributed by atoms with van der Waals surface area (Å²) >= 11 is 0. The maximum atomic E-state index is 8.65. The molecule has 0 aromatic heterocycles. The van der Waals surface area contributed by atoms with Crippen LogP contribution in [-0.4, -0.2) is 31.2 Å². The SMILES string of the molecule is Oc1cccc(O)c1.[Si]O[Si]. The first-order valence-corrected chi connectivity index (χ1v) is 3.49. The molecule has 0 atom stereocenters. The van der Waals surface area contributed by atoms with Crippen LogP contribution in [0.5, 0.6) is 11.5 Å². The number of hydrogen-bond donors (Lipinski definition) is 2. The van der Waals surface area contributed by atoms with E-state index in [2.05, 4.69) is 25.1 Å². The molecular weight excluding hydrogens is 176 g/mol. The lowest BCUT2D eigenvalue weighted by molar-refractivity contribution is 0.450. The predicted molar refractivity (Wildman–Crippen MR) is 42.4 cm³/mol. The zero-order valence-electron chi connectivity index (χ0n) is 5.61. The first-order valence-electron chi connectivity index (χ1n) is 2.68. The highest BCUT2D eigenvalue weighted by atomic mass is 28.3. The van der Waals surface area contributed by atoms with E-state index in [0.29, 0.717) is 0 Å². The summed E-state index contributed by atoms with van der Waals surface area (Å²) in [4.78, 5) is 0. The molecule has 5 heteroatoms. The van der Waals surface area contributed by atoms with Gasteiger partial charge in [-0.1, -0.05) is 6.07 Å². The fourth-order valence-electron chi connectivity index (χ4n) is 0.493. The van der Waals surface area contributed by atoms with Gasteiger partial charge in [-0.3, -0.25) is 0 Å². The molecule has 0 bridgehead atoms. The van der Waals surface area contributed by atoms with Gasteiger partial charge in [0, 0.05) is 6.07 Å². The summed E-state index contributed by atoms with van der Waals surface area (Å²) in [5, 5.41) is 17.3. The van der Waals surface area contributed by atoms with Gasteiger partial charge in [-0.25, -0.2) is 0 Å². The van der Waals surface area contributed by atoms with Crippen molar-refractivity contribution in [2.24, 2.45) is 0 Å². The molecule has 0 unspecified atom stereocenters. The van der Waals surface area contributed by atoms with E-state index in [1.54, 1.807) is 6.07 Å². The minimum absolute atomic E-state index is 0.0880.